The molecular formula is C28H35F2N7S. The van der Waals surface area contributed by atoms with Crippen LogP contribution >= 0.6 is 11.8 Å². The molecule has 0 bridgehead atoms. The first-order valence-corrected chi connectivity index (χ1v) is 13.8. The number of aromatic nitrogens is 2. The second-order valence-corrected chi connectivity index (χ2v) is 10.6. The Labute approximate surface area is 227 Å². The molecule has 4 rings (SSSR count). The number of nitrogens with two attached hydrogens (primary N) is 1. The van der Waals surface area contributed by atoms with E-state index in [4.69, 9.17) is 10.7 Å². The quantitative estimate of drug-likeness (QED) is 0.145. The van der Waals surface area contributed by atoms with Crippen LogP contribution in [0.2, 0.25) is 0 Å². The van der Waals surface area contributed by atoms with Crippen molar-refractivity contribution in [3.63, 3.8) is 0 Å². The molecule has 4 N–H and O–H groups in total. The summed E-state index contributed by atoms with van der Waals surface area (Å²) >= 11 is 1.28. The Morgan fingerprint density at radius 2 is 1.84 bits per heavy atom. The third kappa shape index (κ3) is 6.18. The molecule has 2 aliphatic rings. The maximum atomic E-state index is 14.9. The van der Waals surface area contributed by atoms with E-state index in [1.807, 2.05) is 13.0 Å². The number of hydrogen-bond donors (Lipinski definition) is 3. The molecule has 0 atom stereocenters. The zero-order valence-corrected chi connectivity index (χ0v) is 23.3. The number of H-pyrrole nitrogens is 1. The summed E-state index contributed by atoms with van der Waals surface area (Å²) in [5, 5.41) is 10.6. The van der Waals surface area contributed by atoms with Crippen molar-refractivity contribution in [2.45, 2.75) is 44.4 Å². The second-order valence-electron chi connectivity index (χ2n) is 9.76. The van der Waals surface area contributed by atoms with Crippen molar-refractivity contribution in [2.75, 3.05) is 30.6 Å². The van der Waals surface area contributed by atoms with Crippen LogP contribution in [-0.2, 0) is 0 Å². The van der Waals surface area contributed by atoms with Gasteiger partial charge in [-0.3, -0.25) is 10.1 Å². The van der Waals surface area contributed by atoms with Crippen molar-refractivity contribution in [1.29, 1.82) is 0 Å². The number of halogens is 2. The number of hydrogen-bond acceptors (Lipinski definition) is 6. The van der Waals surface area contributed by atoms with Crippen LogP contribution in [0.15, 0.2) is 67.9 Å². The zero-order chi connectivity index (χ0) is 27.6. The number of aliphatic imine (C=N–C) groups is 2. The molecule has 1 aromatic heterocycles. The molecule has 2 aliphatic carbocycles. The highest BCUT2D eigenvalue weighted by Gasteiger charge is 2.34. The van der Waals surface area contributed by atoms with Crippen molar-refractivity contribution in [2.24, 2.45) is 27.6 Å². The van der Waals surface area contributed by atoms with Gasteiger partial charge < -0.3 is 16.0 Å². The van der Waals surface area contributed by atoms with E-state index < -0.39 is 11.6 Å². The molecule has 38 heavy (non-hydrogen) atoms. The Hall–Kier alpha value is -3.40. The van der Waals surface area contributed by atoms with Crippen LogP contribution in [-0.4, -0.2) is 42.6 Å². The van der Waals surface area contributed by atoms with E-state index >= 15 is 0 Å². The summed E-state index contributed by atoms with van der Waals surface area (Å²) in [7, 11) is 3.31. The van der Waals surface area contributed by atoms with E-state index in [1.165, 1.54) is 28.8 Å². The summed E-state index contributed by atoms with van der Waals surface area (Å²) in [4.78, 5) is 11.1. The topological polar surface area (TPSA) is 94.7 Å². The van der Waals surface area contributed by atoms with E-state index in [2.05, 4.69) is 27.1 Å². The molecule has 0 unspecified atom stereocenters. The minimum Gasteiger partial charge on any atom is -0.401 e. The lowest BCUT2D eigenvalue weighted by molar-refractivity contribution is 0.579. The summed E-state index contributed by atoms with van der Waals surface area (Å²) in [5.74, 6) is 0.730. The predicted octanol–water partition coefficient (Wildman–Crippen LogP) is 6.19. The minimum atomic E-state index is -0.652. The summed E-state index contributed by atoms with van der Waals surface area (Å²) in [6, 6.07) is 4.52. The van der Waals surface area contributed by atoms with Gasteiger partial charge in [0.15, 0.2) is 17.5 Å². The lowest BCUT2D eigenvalue weighted by atomic mass is 9.93. The van der Waals surface area contributed by atoms with Gasteiger partial charge in [0.1, 0.15) is 17.3 Å². The van der Waals surface area contributed by atoms with E-state index in [-0.39, 0.29) is 11.6 Å². The lowest BCUT2D eigenvalue weighted by Gasteiger charge is -2.23. The average Bonchev–Trinajstić information content (AvgIpc) is 3.80. The number of amidine groups is 1. The molecular weight excluding hydrogens is 504 g/mol. The van der Waals surface area contributed by atoms with Gasteiger partial charge in [-0.15, -0.1) is 11.8 Å². The van der Waals surface area contributed by atoms with Crippen LogP contribution in [0.3, 0.4) is 0 Å². The zero-order valence-electron chi connectivity index (χ0n) is 22.5. The first kappa shape index (κ1) is 27.6. The van der Waals surface area contributed by atoms with Crippen molar-refractivity contribution in [3.8, 4) is 0 Å². The number of aryl methyl sites for hydroxylation is 1. The highest BCUT2D eigenvalue weighted by atomic mass is 32.2. The van der Waals surface area contributed by atoms with Gasteiger partial charge in [0, 0.05) is 53.8 Å². The largest absolute Gasteiger partial charge is 0.401 e. The van der Waals surface area contributed by atoms with Gasteiger partial charge in [0.05, 0.1) is 0 Å². The van der Waals surface area contributed by atoms with E-state index in [9.17, 15) is 8.78 Å². The number of anilines is 2. The van der Waals surface area contributed by atoms with Gasteiger partial charge in [-0.1, -0.05) is 6.58 Å². The number of allylic oxidation sites excluding steroid dienone is 4. The number of rotatable bonds is 10. The summed E-state index contributed by atoms with van der Waals surface area (Å²) in [6.45, 7) is 8.05. The molecule has 2 saturated carbocycles. The third-order valence-corrected chi connectivity index (χ3v) is 7.46. The fourth-order valence-electron chi connectivity index (χ4n) is 4.31. The highest BCUT2D eigenvalue weighted by Crippen LogP contribution is 2.45. The number of aromatic amines is 1. The number of nitrogens with one attached hydrogen (secondary N) is 2. The van der Waals surface area contributed by atoms with Gasteiger partial charge in [-0.2, -0.15) is 5.10 Å². The van der Waals surface area contributed by atoms with Gasteiger partial charge >= 0.3 is 0 Å². The van der Waals surface area contributed by atoms with Crippen LogP contribution in [0.25, 0.3) is 0 Å². The first-order valence-electron chi connectivity index (χ1n) is 12.6. The monoisotopic (exact) mass is 539 g/mol. The summed E-state index contributed by atoms with van der Waals surface area (Å²) < 4.78 is 29.9. The molecule has 0 amide bonds. The summed E-state index contributed by atoms with van der Waals surface area (Å²) in [6.07, 6.45) is 7.59. The van der Waals surface area contributed by atoms with Crippen molar-refractivity contribution < 1.29 is 8.78 Å². The molecule has 1 aromatic carbocycles. The summed E-state index contributed by atoms with van der Waals surface area (Å²) in [5.41, 5.74) is 10.5. The Morgan fingerprint density at radius 1 is 1.21 bits per heavy atom. The molecule has 7 nitrogen and oxygen atoms in total. The lowest BCUT2D eigenvalue weighted by Crippen LogP contribution is -2.26. The van der Waals surface area contributed by atoms with E-state index in [0.29, 0.717) is 28.3 Å². The Morgan fingerprint density at radius 3 is 2.34 bits per heavy atom. The van der Waals surface area contributed by atoms with Crippen LogP contribution < -0.4 is 16.0 Å². The van der Waals surface area contributed by atoms with E-state index in [1.54, 1.807) is 33.5 Å². The predicted molar refractivity (Wildman–Crippen MR) is 154 cm³/mol. The minimum absolute atomic E-state index is 0.164. The van der Waals surface area contributed by atoms with Gasteiger partial charge in [0.25, 0.3) is 0 Å². The smallest absolute Gasteiger partial charge is 0.153 e. The standard InChI is InChI=1S/C28H35F2N7S/c1-15-11-24(36-35-15)34-28(33-17(3)37(5)27-22(29)12-20(38-6)13-23(27)30)25(18-7-8-18)16(2)21(14-32-4)26(31)19-9-10-19/h11-14,18-19H,2,7-10,31H2,1,3-6H3,(H2,34,35,36)/b26-21+,28-25-,32-14?,33-17+. The van der Waals surface area contributed by atoms with Crippen molar-refractivity contribution >= 4 is 35.3 Å². The highest BCUT2D eigenvalue weighted by molar-refractivity contribution is 7.98. The number of thioether (sulfide) groups is 1. The number of nitrogens with zero attached hydrogens (tertiary/aromatic N) is 4. The fraction of sp³-hybridized carbons (Fsp3) is 0.393. The molecule has 0 spiro atoms. The van der Waals surface area contributed by atoms with Gasteiger partial charge in [-0.25, -0.2) is 13.8 Å². The second kappa shape index (κ2) is 11.6. The molecule has 0 aliphatic heterocycles. The van der Waals surface area contributed by atoms with Gasteiger partial charge in [-0.05, 0) is 75.3 Å². The Balaban J connectivity index is 1.83. The van der Waals surface area contributed by atoms with Crippen LogP contribution in [0.4, 0.5) is 20.3 Å². The van der Waals surface area contributed by atoms with Crippen LogP contribution in [0.1, 0.15) is 38.3 Å². The molecule has 2 fully saturated rings. The Kier molecular flexibility index (Phi) is 8.40. The first-order chi connectivity index (χ1) is 18.1. The third-order valence-electron chi connectivity index (χ3n) is 6.75. The maximum Gasteiger partial charge on any atom is 0.153 e. The molecule has 2 aromatic rings. The molecule has 0 radical (unpaired) electrons. The van der Waals surface area contributed by atoms with E-state index in [0.717, 1.165) is 53.8 Å². The fourth-order valence-corrected chi connectivity index (χ4v) is 4.75. The molecule has 202 valence electrons. The molecule has 0 saturated heterocycles. The van der Waals surface area contributed by atoms with Gasteiger partial charge in [0.2, 0.25) is 0 Å². The SMILES string of the molecule is C=C(/C(C=NC)=C(/N)C1CC1)/C(=C(\N=C(/C)N(C)c1c(F)cc(SC)cc1F)Nc1cc(C)[nH]n1)C1CC1. The van der Waals surface area contributed by atoms with Crippen LogP contribution in [0, 0.1) is 30.4 Å². The van der Waals surface area contributed by atoms with Crippen molar-refractivity contribution in [3.05, 3.63) is 70.3 Å². The van der Waals surface area contributed by atoms with Crippen molar-refractivity contribution in [1.82, 2.24) is 10.2 Å². The normalized spacial score (nSPS) is 17.4. The molecule has 10 heteroatoms. The molecule has 1 heterocycles. The Bertz CT molecular complexity index is 1320. The van der Waals surface area contributed by atoms with Crippen LogP contribution in [0.5, 0.6) is 0 Å². The maximum absolute atomic E-state index is 14.9. The number of benzene rings is 1. The average molecular weight is 540 g/mol.